The van der Waals surface area contributed by atoms with E-state index in [-0.39, 0.29) is 0 Å². The quantitative estimate of drug-likeness (QED) is 0.365. The van der Waals surface area contributed by atoms with Crippen LogP contribution in [0.5, 0.6) is 11.5 Å². The van der Waals surface area contributed by atoms with Gasteiger partial charge in [-0.15, -0.1) is 11.6 Å². The van der Waals surface area contributed by atoms with Crippen LogP contribution in [0.2, 0.25) is 0 Å². The third-order valence-electron chi connectivity index (χ3n) is 1.88. The molecule has 0 unspecified atom stereocenters. The summed E-state index contributed by atoms with van der Waals surface area (Å²) in [7, 11) is 0. The van der Waals surface area contributed by atoms with Crippen LogP contribution in [0.25, 0.3) is 0 Å². The van der Waals surface area contributed by atoms with Crippen molar-refractivity contribution in [2.75, 3.05) is 11.6 Å². The first kappa shape index (κ1) is 11.2. The standard InChI is InChI=1S/C6H5NO.C5H11Cl/c7-4-1-2-5-6(3-4)8-5;1-2-3-4-5-6/h1-3H,7H2;2-5H2,1H3. The summed E-state index contributed by atoms with van der Waals surface area (Å²) in [6.45, 7) is 2.17. The van der Waals surface area contributed by atoms with Crippen molar-refractivity contribution in [1.29, 1.82) is 0 Å². The van der Waals surface area contributed by atoms with Gasteiger partial charge in [-0.2, -0.15) is 0 Å². The van der Waals surface area contributed by atoms with Gasteiger partial charge in [0.1, 0.15) is 0 Å². The van der Waals surface area contributed by atoms with Crippen molar-refractivity contribution >= 4 is 17.3 Å². The van der Waals surface area contributed by atoms with Crippen LogP contribution in [0.1, 0.15) is 26.2 Å². The number of halogens is 1. The molecule has 0 atom stereocenters. The summed E-state index contributed by atoms with van der Waals surface area (Å²) in [5.41, 5.74) is 6.18. The van der Waals surface area contributed by atoms with Crippen LogP contribution in [0.15, 0.2) is 18.2 Å². The third kappa shape index (κ3) is 3.88. The van der Waals surface area contributed by atoms with Crippen molar-refractivity contribution in [2.24, 2.45) is 0 Å². The zero-order chi connectivity index (χ0) is 10.4. The number of hydrogen-bond acceptors (Lipinski definition) is 2. The SMILES string of the molecule is CCCCCCl.Nc1ccc2c(c1)O2. The normalized spacial score (nSPS) is 10.7. The van der Waals surface area contributed by atoms with E-state index in [2.05, 4.69) is 6.92 Å². The number of ether oxygens (including phenoxy) is 1. The van der Waals surface area contributed by atoms with E-state index in [9.17, 15) is 0 Å². The highest BCUT2D eigenvalue weighted by atomic mass is 35.5. The van der Waals surface area contributed by atoms with Crippen LogP contribution in [0.4, 0.5) is 5.69 Å². The lowest BCUT2D eigenvalue weighted by atomic mass is 10.3. The lowest BCUT2D eigenvalue weighted by molar-refractivity contribution is 0.650. The zero-order valence-electron chi connectivity index (χ0n) is 8.42. The molecule has 1 aromatic carbocycles. The van der Waals surface area contributed by atoms with Gasteiger partial charge >= 0.3 is 0 Å². The lowest BCUT2D eigenvalue weighted by Crippen LogP contribution is -1.77. The molecule has 0 aliphatic carbocycles. The van der Waals surface area contributed by atoms with Crippen LogP contribution in [0, 0.1) is 0 Å². The fourth-order valence-electron chi connectivity index (χ4n) is 1.03. The van der Waals surface area contributed by atoms with Gasteiger partial charge in [-0.25, -0.2) is 0 Å². The van der Waals surface area contributed by atoms with E-state index in [1.165, 1.54) is 19.3 Å². The molecule has 0 saturated heterocycles. The van der Waals surface area contributed by atoms with E-state index in [1.807, 2.05) is 18.2 Å². The predicted molar refractivity (Wildman–Crippen MR) is 61.2 cm³/mol. The Morgan fingerprint density at radius 3 is 2.50 bits per heavy atom. The lowest BCUT2D eigenvalue weighted by Gasteiger charge is -1.84. The molecular weight excluding hydrogens is 198 g/mol. The molecule has 0 spiro atoms. The zero-order valence-corrected chi connectivity index (χ0v) is 9.18. The van der Waals surface area contributed by atoms with Crippen LogP contribution in [-0.2, 0) is 0 Å². The fourth-order valence-corrected chi connectivity index (χ4v) is 1.21. The van der Waals surface area contributed by atoms with E-state index in [4.69, 9.17) is 22.1 Å². The first-order valence-corrected chi connectivity index (χ1v) is 5.44. The Bertz CT molecular complexity index is 284. The summed E-state index contributed by atoms with van der Waals surface area (Å²) in [6.07, 6.45) is 3.73. The van der Waals surface area contributed by atoms with Crippen LogP contribution in [-0.4, -0.2) is 5.88 Å². The highest BCUT2D eigenvalue weighted by Crippen LogP contribution is 2.45. The largest absolute Gasteiger partial charge is 0.449 e. The molecule has 0 radical (unpaired) electrons. The number of fused-ring (bicyclic) bond motifs is 1. The molecule has 0 fully saturated rings. The maximum absolute atomic E-state index is 5.41. The van der Waals surface area contributed by atoms with Gasteiger partial charge in [0.2, 0.25) is 0 Å². The highest BCUT2D eigenvalue weighted by Gasteiger charge is 2.17. The molecule has 1 heterocycles. The van der Waals surface area contributed by atoms with Gasteiger partial charge in [0, 0.05) is 17.6 Å². The molecule has 0 aromatic heterocycles. The second-order valence-electron chi connectivity index (χ2n) is 3.20. The van der Waals surface area contributed by atoms with Crippen LogP contribution < -0.4 is 10.5 Å². The van der Waals surface area contributed by atoms with E-state index >= 15 is 0 Å². The Labute approximate surface area is 90.0 Å². The number of rotatable bonds is 3. The summed E-state index contributed by atoms with van der Waals surface area (Å²) in [4.78, 5) is 0. The molecular formula is C11H16ClNO. The van der Waals surface area contributed by atoms with E-state index in [0.29, 0.717) is 0 Å². The Balaban J connectivity index is 0.000000149. The monoisotopic (exact) mass is 213 g/mol. The second kappa shape index (κ2) is 5.76. The molecule has 1 aromatic rings. The summed E-state index contributed by atoms with van der Waals surface area (Å²) in [5, 5.41) is 0. The first-order chi connectivity index (χ1) is 6.77. The first-order valence-electron chi connectivity index (χ1n) is 4.91. The van der Waals surface area contributed by atoms with E-state index in [0.717, 1.165) is 23.1 Å². The number of alkyl halides is 1. The van der Waals surface area contributed by atoms with Gasteiger partial charge in [-0.1, -0.05) is 19.8 Å². The van der Waals surface area contributed by atoms with Gasteiger partial charge in [-0.3, -0.25) is 0 Å². The minimum atomic E-state index is 0.765. The number of hydrogen-bond donors (Lipinski definition) is 1. The number of nitrogen functional groups attached to an aromatic ring is 1. The van der Waals surface area contributed by atoms with Crippen molar-refractivity contribution in [3.8, 4) is 11.5 Å². The number of nitrogens with two attached hydrogens (primary N) is 1. The Morgan fingerprint density at radius 1 is 1.29 bits per heavy atom. The molecule has 0 bridgehead atoms. The van der Waals surface area contributed by atoms with Crippen molar-refractivity contribution in [3.05, 3.63) is 18.2 Å². The van der Waals surface area contributed by atoms with E-state index in [1.54, 1.807) is 0 Å². The number of unbranched alkanes of at least 4 members (excludes halogenated alkanes) is 2. The summed E-state index contributed by atoms with van der Waals surface area (Å²) < 4.78 is 4.94. The summed E-state index contributed by atoms with van der Waals surface area (Å²) in [5.74, 6) is 2.71. The maximum atomic E-state index is 5.41. The smallest absolute Gasteiger partial charge is 0.172 e. The Morgan fingerprint density at radius 2 is 2.07 bits per heavy atom. The molecule has 0 saturated carbocycles. The fraction of sp³-hybridized carbons (Fsp3) is 0.455. The average molecular weight is 214 g/mol. The Kier molecular flexibility index (Phi) is 4.60. The topological polar surface area (TPSA) is 38.5 Å². The van der Waals surface area contributed by atoms with Crippen molar-refractivity contribution in [1.82, 2.24) is 0 Å². The van der Waals surface area contributed by atoms with Gasteiger partial charge in [0.05, 0.1) is 0 Å². The second-order valence-corrected chi connectivity index (χ2v) is 3.58. The molecule has 0 amide bonds. The molecule has 78 valence electrons. The molecule has 1 aliphatic rings. The average Bonchev–Trinajstić information content (AvgIpc) is 2.93. The predicted octanol–water partition coefficient (Wildman–Crippen LogP) is 3.79. The van der Waals surface area contributed by atoms with Gasteiger partial charge in [0.25, 0.3) is 0 Å². The molecule has 1 aliphatic heterocycles. The molecule has 14 heavy (non-hydrogen) atoms. The summed E-state index contributed by atoms with van der Waals surface area (Å²) in [6, 6.07) is 5.51. The van der Waals surface area contributed by atoms with Crippen molar-refractivity contribution < 1.29 is 4.74 Å². The molecule has 2 nitrogen and oxygen atoms in total. The van der Waals surface area contributed by atoms with Gasteiger partial charge in [-0.05, 0) is 18.6 Å². The number of anilines is 1. The van der Waals surface area contributed by atoms with Gasteiger partial charge in [0.15, 0.2) is 11.5 Å². The van der Waals surface area contributed by atoms with Crippen LogP contribution >= 0.6 is 11.6 Å². The van der Waals surface area contributed by atoms with Crippen molar-refractivity contribution in [3.63, 3.8) is 0 Å². The van der Waals surface area contributed by atoms with E-state index < -0.39 is 0 Å². The van der Waals surface area contributed by atoms with Crippen molar-refractivity contribution in [2.45, 2.75) is 26.2 Å². The molecule has 2 rings (SSSR count). The minimum absolute atomic E-state index is 0.765. The third-order valence-corrected chi connectivity index (χ3v) is 2.15. The minimum Gasteiger partial charge on any atom is -0.449 e. The van der Waals surface area contributed by atoms with Gasteiger partial charge < -0.3 is 10.5 Å². The molecule has 3 heteroatoms. The number of benzene rings is 1. The summed E-state index contributed by atoms with van der Waals surface area (Å²) >= 11 is 5.38. The molecule has 2 N–H and O–H groups in total. The maximum Gasteiger partial charge on any atom is 0.172 e. The van der Waals surface area contributed by atoms with Crippen LogP contribution in [0.3, 0.4) is 0 Å². The highest BCUT2D eigenvalue weighted by molar-refractivity contribution is 6.17. The Hall–Kier alpha value is -0.890.